The zero-order chi connectivity index (χ0) is 17.6. The number of amides is 1. The van der Waals surface area contributed by atoms with Gasteiger partial charge in [0.15, 0.2) is 0 Å². The standard InChI is InChI=1S/C16H13N5O3S/c22-15(10-20-11-17-16(19-20)21(23)24)18-13-8-4-5-9-14(13)25-12-6-2-1-3-7-12/h1-9,11H,10H2,(H,18,22). The Bertz CT molecular complexity index is 898. The first-order chi connectivity index (χ1) is 12.1. The number of nitro groups is 1. The predicted molar refractivity (Wildman–Crippen MR) is 92.3 cm³/mol. The SMILES string of the molecule is O=C(Cn1cnc([N+](=O)[O-])n1)Nc1ccccc1Sc1ccccc1. The maximum atomic E-state index is 12.2. The molecule has 0 saturated carbocycles. The van der Waals surface area contributed by atoms with E-state index >= 15 is 0 Å². The fourth-order valence-electron chi connectivity index (χ4n) is 2.06. The second-order valence-corrected chi connectivity index (χ2v) is 6.07. The minimum absolute atomic E-state index is 0.162. The molecule has 3 rings (SSSR count). The Morgan fingerprint density at radius 2 is 1.88 bits per heavy atom. The largest absolute Gasteiger partial charge is 0.490 e. The molecule has 0 aliphatic carbocycles. The van der Waals surface area contributed by atoms with E-state index < -0.39 is 10.9 Å². The molecule has 0 aliphatic heterocycles. The summed E-state index contributed by atoms with van der Waals surface area (Å²) in [4.78, 5) is 27.5. The van der Waals surface area contributed by atoms with Crippen molar-refractivity contribution in [2.24, 2.45) is 0 Å². The molecule has 0 saturated heterocycles. The number of rotatable bonds is 6. The number of aromatic nitrogens is 3. The molecule has 3 aromatic rings. The zero-order valence-electron chi connectivity index (χ0n) is 12.9. The minimum atomic E-state index is -0.708. The lowest BCUT2D eigenvalue weighted by atomic mass is 10.3. The Morgan fingerprint density at radius 3 is 2.60 bits per heavy atom. The molecule has 0 atom stereocenters. The summed E-state index contributed by atoms with van der Waals surface area (Å²) in [6.45, 7) is -0.162. The fraction of sp³-hybridized carbons (Fsp3) is 0.0625. The average Bonchev–Trinajstić information content (AvgIpc) is 3.06. The highest BCUT2D eigenvalue weighted by molar-refractivity contribution is 7.99. The van der Waals surface area contributed by atoms with Crippen molar-refractivity contribution < 1.29 is 9.72 Å². The molecule has 1 heterocycles. The summed E-state index contributed by atoms with van der Waals surface area (Å²) in [5, 5.41) is 17.0. The van der Waals surface area contributed by atoms with Gasteiger partial charge in [-0.1, -0.05) is 47.1 Å². The van der Waals surface area contributed by atoms with Crippen molar-refractivity contribution in [1.29, 1.82) is 0 Å². The average molecular weight is 355 g/mol. The predicted octanol–water partition coefficient (Wildman–Crippen LogP) is 2.98. The number of anilines is 1. The normalized spacial score (nSPS) is 10.4. The molecular weight excluding hydrogens is 342 g/mol. The maximum Gasteiger partial charge on any atom is 0.490 e. The van der Waals surface area contributed by atoms with Gasteiger partial charge in [-0.3, -0.25) is 4.79 Å². The van der Waals surface area contributed by atoms with Gasteiger partial charge in [-0.25, -0.2) is 0 Å². The summed E-state index contributed by atoms with van der Waals surface area (Å²) in [6, 6.07) is 17.2. The van der Waals surface area contributed by atoms with E-state index in [1.165, 1.54) is 11.8 Å². The number of nitrogens with zero attached hydrogens (tertiary/aromatic N) is 4. The summed E-state index contributed by atoms with van der Waals surface area (Å²) in [5.41, 5.74) is 0.663. The van der Waals surface area contributed by atoms with E-state index in [2.05, 4.69) is 15.4 Å². The molecule has 0 radical (unpaired) electrons. The summed E-state index contributed by atoms with van der Waals surface area (Å²) < 4.78 is 1.13. The second kappa shape index (κ2) is 7.58. The molecule has 1 N–H and O–H groups in total. The molecule has 8 nitrogen and oxygen atoms in total. The number of carbonyl (C=O) groups excluding carboxylic acids is 1. The lowest BCUT2D eigenvalue weighted by molar-refractivity contribution is -0.394. The molecule has 9 heteroatoms. The summed E-state index contributed by atoms with van der Waals surface area (Å²) in [6.07, 6.45) is 1.16. The van der Waals surface area contributed by atoms with Crippen LogP contribution in [0.2, 0.25) is 0 Å². The Hall–Kier alpha value is -3.20. The number of para-hydroxylation sites is 1. The van der Waals surface area contributed by atoms with E-state index in [1.807, 2.05) is 48.5 Å². The van der Waals surface area contributed by atoms with Crippen LogP contribution in [-0.2, 0) is 11.3 Å². The van der Waals surface area contributed by atoms with E-state index in [1.54, 1.807) is 6.07 Å². The third-order valence-corrected chi connectivity index (χ3v) is 4.21. The summed E-state index contributed by atoms with van der Waals surface area (Å²) >= 11 is 1.53. The molecule has 2 aromatic carbocycles. The number of hydrogen-bond acceptors (Lipinski definition) is 6. The van der Waals surface area contributed by atoms with Crippen LogP contribution in [0.5, 0.6) is 0 Å². The van der Waals surface area contributed by atoms with Crippen molar-refractivity contribution in [1.82, 2.24) is 14.8 Å². The van der Waals surface area contributed by atoms with Crippen molar-refractivity contribution in [3.63, 3.8) is 0 Å². The van der Waals surface area contributed by atoms with Crippen LogP contribution in [0, 0.1) is 10.1 Å². The van der Waals surface area contributed by atoms with Gasteiger partial charge < -0.3 is 15.4 Å². The van der Waals surface area contributed by atoms with Crippen molar-refractivity contribution in [3.8, 4) is 0 Å². The highest BCUT2D eigenvalue weighted by Crippen LogP contribution is 2.33. The smallest absolute Gasteiger partial charge is 0.390 e. The van der Waals surface area contributed by atoms with Gasteiger partial charge in [-0.15, -0.1) is 0 Å². The number of hydrogen-bond donors (Lipinski definition) is 1. The van der Waals surface area contributed by atoms with E-state index in [4.69, 9.17) is 0 Å². The maximum absolute atomic E-state index is 12.2. The molecule has 0 unspecified atom stereocenters. The van der Waals surface area contributed by atoms with Gasteiger partial charge in [0.2, 0.25) is 12.2 Å². The number of nitrogens with one attached hydrogen (secondary N) is 1. The van der Waals surface area contributed by atoms with Crippen LogP contribution < -0.4 is 5.32 Å². The van der Waals surface area contributed by atoms with Gasteiger partial charge in [-0.2, -0.15) is 4.68 Å². The van der Waals surface area contributed by atoms with E-state index in [0.29, 0.717) is 5.69 Å². The van der Waals surface area contributed by atoms with Gasteiger partial charge in [0.05, 0.1) is 5.69 Å². The van der Waals surface area contributed by atoms with Gasteiger partial charge in [-0.05, 0) is 29.2 Å². The molecular formula is C16H13N5O3S. The monoisotopic (exact) mass is 355 g/mol. The fourth-order valence-corrected chi connectivity index (χ4v) is 2.98. The van der Waals surface area contributed by atoms with Gasteiger partial charge in [0.1, 0.15) is 6.54 Å². The summed E-state index contributed by atoms with van der Waals surface area (Å²) in [7, 11) is 0. The topological polar surface area (TPSA) is 103 Å². The van der Waals surface area contributed by atoms with Crippen LogP contribution in [-0.4, -0.2) is 25.6 Å². The first-order valence-corrected chi connectivity index (χ1v) is 8.09. The van der Waals surface area contributed by atoms with Gasteiger partial charge >= 0.3 is 5.95 Å². The third-order valence-electron chi connectivity index (χ3n) is 3.13. The van der Waals surface area contributed by atoms with E-state index in [-0.39, 0.29) is 12.5 Å². The van der Waals surface area contributed by atoms with Crippen molar-refractivity contribution in [3.05, 3.63) is 71.0 Å². The molecule has 1 aromatic heterocycles. The van der Waals surface area contributed by atoms with Crippen LogP contribution in [0.1, 0.15) is 0 Å². The zero-order valence-corrected chi connectivity index (χ0v) is 13.7. The molecule has 0 bridgehead atoms. The molecule has 1 amide bonds. The highest BCUT2D eigenvalue weighted by atomic mass is 32.2. The highest BCUT2D eigenvalue weighted by Gasteiger charge is 2.16. The van der Waals surface area contributed by atoms with Gasteiger partial charge in [0, 0.05) is 14.9 Å². The first kappa shape index (κ1) is 16.7. The van der Waals surface area contributed by atoms with Crippen LogP contribution in [0.25, 0.3) is 0 Å². The molecule has 25 heavy (non-hydrogen) atoms. The quantitative estimate of drug-likeness (QED) is 0.538. The van der Waals surface area contributed by atoms with Crippen LogP contribution in [0.3, 0.4) is 0 Å². The van der Waals surface area contributed by atoms with Crippen LogP contribution in [0.15, 0.2) is 70.7 Å². The minimum Gasteiger partial charge on any atom is -0.390 e. The Labute approximate surface area is 147 Å². The second-order valence-electron chi connectivity index (χ2n) is 4.96. The Balaban J connectivity index is 1.69. The van der Waals surface area contributed by atoms with Crippen LogP contribution in [0.4, 0.5) is 11.6 Å². The van der Waals surface area contributed by atoms with E-state index in [0.717, 1.165) is 20.8 Å². The number of benzene rings is 2. The van der Waals surface area contributed by atoms with E-state index in [9.17, 15) is 14.9 Å². The Morgan fingerprint density at radius 1 is 1.16 bits per heavy atom. The summed E-state index contributed by atoms with van der Waals surface area (Å²) in [5.74, 6) is -0.881. The first-order valence-electron chi connectivity index (χ1n) is 7.27. The molecule has 0 aliphatic rings. The lowest BCUT2D eigenvalue weighted by Gasteiger charge is -2.10. The van der Waals surface area contributed by atoms with Crippen LogP contribution >= 0.6 is 11.8 Å². The molecule has 0 fully saturated rings. The Kier molecular flexibility index (Phi) is 5.05. The molecule has 126 valence electrons. The molecule has 0 spiro atoms. The van der Waals surface area contributed by atoms with Crippen molar-refractivity contribution in [2.75, 3.05) is 5.32 Å². The van der Waals surface area contributed by atoms with Crippen molar-refractivity contribution >= 4 is 29.3 Å². The number of carbonyl (C=O) groups is 1. The third kappa shape index (κ3) is 4.42. The van der Waals surface area contributed by atoms with Gasteiger partial charge in [0.25, 0.3) is 0 Å². The lowest BCUT2D eigenvalue weighted by Crippen LogP contribution is -2.19. The van der Waals surface area contributed by atoms with Crippen molar-refractivity contribution in [2.45, 2.75) is 16.3 Å².